The minimum absolute atomic E-state index is 0.153. The molecule has 4 heteroatoms. The molecule has 1 heterocycles. The fourth-order valence-corrected chi connectivity index (χ4v) is 3.90. The van der Waals surface area contributed by atoms with Crippen molar-refractivity contribution in [2.45, 2.75) is 6.61 Å². The molecular formula is C26H19NO3. The number of aromatic carboxylic acids is 1. The number of carbonyl (C=O) groups is 1. The number of ether oxygens (including phenoxy) is 1. The Kier molecular flexibility index (Phi) is 4.45. The van der Waals surface area contributed by atoms with E-state index in [0.29, 0.717) is 12.4 Å². The zero-order valence-corrected chi connectivity index (χ0v) is 16.1. The molecule has 0 spiro atoms. The topological polar surface area (TPSA) is 62.3 Å². The molecule has 2 N–H and O–H groups in total. The molecule has 0 bridgehead atoms. The third-order valence-electron chi connectivity index (χ3n) is 5.38. The van der Waals surface area contributed by atoms with Gasteiger partial charge in [0, 0.05) is 17.1 Å². The molecule has 30 heavy (non-hydrogen) atoms. The fraction of sp³-hybridized carbons (Fsp3) is 0.0385. The van der Waals surface area contributed by atoms with Crippen LogP contribution in [0.5, 0.6) is 5.75 Å². The molecule has 0 saturated heterocycles. The normalized spacial score (nSPS) is 11.1. The molecule has 0 radical (unpaired) electrons. The predicted octanol–water partition coefficient (Wildman–Crippen LogP) is 6.27. The standard InChI is InChI=1S/C26H19NO3/c28-26(29)23-12-11-18(21-9-4-10-24-22(21)13-14-27-24)15-25(23)30-16-19-7-3-6-17-5-1-2-8-20(17)19/h1-15,27H,16H2,(H,28,29). The van der Waals surface area contributed by atoms with E-state index in [1.54, 1.807) is 6.07 Å². The number of hydrogen-bond acceptors (Lipinski definition) is 2. The van der Waals surface area contributed by atoms with Crippen LogP contribution in [0.15, 0.2) is 91.1 Å². The van der Waals surface area contributed by atoms with Gasteiger partial charge in [-0.3, -0.25) is 0 Å². The van der Waals surface area contributed by atoms with Gasteiger partial charge >= 0.3 is 5.97 Å². The summed E-state index contributed by atoms with van der Waals surface area (Å²) in [6, 6.07) is 27.5. The number of rotatable bonds is 5. The van der Waals surface area contributed by atoms with Crippen molar-refractivity contribution in [2.24, 2.45) is 0 Å². The summed E-state index contributed by atoms with van der Waals surface area (Å²) < 4.78 is 6.06. The molecule has 5 rings (SSSR count). The van der Waals surface area contributed by atoms with Crippen LogP contribution in [-0.2, 0) is 6.61 Å². The van der Waals surface area contributed by atoms with E-state index in [9.17, 15) is 9.90 Å². The molecule has 4 aromatic carbocycles. The number of benzene rings is 4. The third kappa shape index (κ3) is 3.18. The Morgan fingerprint density at radius 1 is 0.867 bits per heavy atom. The minimum Gasteiger partial charge on any atom is -0.488 e. The lowest BCUT2D eigenvalue weighted by Gasteiger charge is -2.13. The van der Waals surface area contributed by atoms with E-state index in [1.807, 2.05) is 66.9 Å². The van der Waals surface area contributed by atoms with Crippen molar-refractivity contribution < 1.29 is 14.6 Å². The van der Waals surface area contributed by atoms with Crippen LogP contribution in [0.25, 0.3) is 32.8 Å². The Labute approximate surface area is 173 Å². The van der Waals surface area contributed by atoms with E-state index >= 15 is 0 Å². The SMILES string of the molecule is O=C(O)c1ccc(-c2cccc3[nH]ccc23)cc1OCc1cccc2ccccc12. The molecule has 0 aliphatic heterocycles. The molecule has 0 atom stereocenters. The molecule has 1 aromatic heterocycles. The summed E-state index contributed by atoms with van der Waals surface area (Å²) in [5.41, 5.74) is 4.15. The molecule has 0 fully saturated rings. The smallest absolute Gasteiger partial charge is 0.339 e. The summed E-state index contributed by atoms with van der Waals surface area (Å²) >= 11 is 0. The molecule has 0 unspecified atom stereocenters. The van der Waals surface area contributed by atoms with Crippen molar-refractivity contribution in [3.8, 4) is 16.9 Å². The number of carboxylic acids is 1. The second-order valence-electron chi connectivity index (χ2n) is 7.19. The second-order valence-corrected chi connectivity index (χ2v) is 7.19. The van der Waals surface area contributed by atoms with Crippen LogP contribution < -0.4 is 4.74 Å². The molecule has 146 valence electrons. The molecule has 4 nitrogen and oxygen atoms in total. The maximum Gasteiger partial charge on any atom is 0.339 e. The van der Waals surface area contributed by atoms with E-state index in [-0.39, 0.29) is 5.56 Å². The molecule has 0 aliphatic rings. The van der Waals surface area contributed by atoms with Gasteiger partial charge in [0.05, 0.1) is 0 Å². The molecule has 0 saturated carbocycles. The van der Waals surface area contributed by atoms with Gasteiger partial charge < -0.3 is 14.8 Å². The predicted molar refractivity (Wildman–Crippen MR) is 119 cm³/mol. The number of carboxylic acid groups (broad SMARTS) is 1. The highest BCUT2D eigenvalue weighted by atomic mass is 16.5. The number of H-pyrrole nitrogens is 1. The third-order valence-corrected chi connectivity index (χ3v) is 5.38. The fourth-order valence-electron chi connectivity index (χ4n) is 3.90. The Bertz CT molecular complexity index is 1380. The summed E-state index contributed by atoms with van der Waals surface area (Å²) in [6.07, 6.45) is 1.90. The zero-order chi connectivity index (χ0) is 20.5. The van der Waals surface area contributed by atoms with Crippen LogP contribution in [0.3, 0.4) is 0 Å². The van der Waals surface area contributed by atoms with Gasteiger partial charge in [-0.15, -0.1) is 0 Å². The average Bonchev–Trinajstić information content (AvgIpc) is 3.26. The van der Waals surface area contributed by atoms with Gasteiger partial charge in [0.1, 0.15) is 17.9 Å². The van der Waals surface area contributed by atoms with E-state index < -0.39 is 5.97 Å². The first-order valence-electron chi connectivity index (χ1n) is 9.74. The Morgan fingerprint density at radius 3 is 2.60 bits per heavy atom. The molecule has 0 amide bonds. The first kappa shape index (κ1) is 18.0. The van der Waals surface area contributed by atoms with Crippen LogP contribution in [-0.4, -0.2) is 16.1 Å². The lowest BCUT2D eigenvalue weighted by Crippen LogP contribution is -2.04. The maximum absolute atomic E-state index is 11.8. The summed E-state index contributed by atoms with van der Waals surface area (Å²) in [6.45, 7) is 0.291. The number of aromatic amines is 1. The summed E-state index contributed by atoms with van der Waals surface area (Å²) in [7, 11) is 0. The van der Waals surface area contributed by atoms with Gasteiger partial charge in [-0.05, 0) is 51.7 Å². The van der Waals surface area contributed by atoms with Gasteiger partial charge in [0.2, 0.25) is 0 Å². The molecular weight excluding hydrogens is 374 g/mol. The van der Waals surface area contributed by atoms with Crippen molar-refractivity contribution >= 4 is 27.6 Å². The van der Waals surface area contributed by atoms with Crippen molar-refractivity contribution in [3.05, 3.63) is 102 Å². The van der Waals surface area contributed by atoms with E-state index in [0.717, 1.165) is 38.4 Å². The van der Waals surface area contributed by atoms with Gasteiger partial charge in [0.15, 0.2) is 0 Å². The van der Waals surface area contributed by atoms with Crippen LogP contribution in [0.4, 0.5) is 0 Å². The first-order chi connectivity index (χ1) is 14.7. The zero-order valence-electron chi connectivity index (χ0n) is 16.1. The Morgan fingerprint density at radius 2 is 1.70 bits per heavy atom. The number of aromatic nitrogens is 1. The number of nitrogens with one attached hydrogen (secondary N) is 1. The number of hydrogen-bond donors (Lipinski definition) is 2. The summed E-state index contributed by atoms with van der Waals surface area (Å²) in [5.74, 6) is -0.644. The average molecular weight is 393 g/mol. The summed E-state index contributed by atoms with van der Waals surface area (Å²) in [4.78, 5) is 15.0. The Balaban J connectivity index is 1.54. The van der Waals surface area contributed by atoms with Gasteiger partial charge in [-0.1, -0.05) is 60.7 Å². The highest BCUT2D eigenvalue weighted by Gasteiger charge is 2.15. The van der Waals surface area contributed by atoms with E-state index in [2.05, 4.69) is 23.2 Å². The van der Waals surface area contributed by atoms with Crippen LogP contribution in [0, 0.1) is 0 Å². The van der Waals surface area contributed by atoms with Crippen LogP contribution >= 0.6 is 0 Å². The van der Waals surface area contributed by atoms with Gasteiger partial charge in [-0.25, -0.2) is 4.79 Å². The summed E-state index contributed by atoms with van der Waals surface area (Å²) in [5, 5.41) is 13.0. The molecule has 5 aromatic rings. The lowest BCUT2D eigenvalue weighted by molar-refractivity contribution is 0.0692. The van der Waals surface area contributed by atoms with Crippen molar-refractivity contribution in [2.75, 3.05) is 0 Å². The highest BCUT2D eigenvalue weighted by molar-refractivity contribution is 5.97. The second kappa shape index (κ2) is 7.41. The highest BCUT2D eigenvalue weighted by Crippen LogP contribution is 2.33. The van der Waals surface area contributed by atoms with Crippen molar-refractivity contribution in [1.29, 1.82) is 0 Å². The van der Waals surface area contributed by atoms with Gasteiger partial charge in [-0.2, -0.15) is 0 Å². The van der Waals surface area contributed by atoms with E-state index in [1.165, 1.54) is 0 Å². The van der Waals surface area contributed by atoms with Crippen LogP contribution in [0.2, 0.25) is 0 Å². The molecule has 0 aliphatic carbocycles. The lowest BCUT2D eigenvalue weighted by atomic mass is 10.00. The monoisotopic (exact) mass is 393 g/mol. The van der Waals surface area contributed by atoms with Gasteiger partial charge in [0.25, 0.3) is 0 Å². The maximum atomic E-state index is 11.8. The van der Waals surface area contributed by atoms with Crippen molar-refractivity contribution in [1.82, 2.24) is 4.98 Å². The quantitative estimate of drug-likeness (QED) is 0.370. The first-order valence-corrected chi connectivity index (χ1v) is 9.74. The number of fused-ring (bicyclic) bond motifs is 2. The van der Waals surface area contributed by atoms with Crippen LogP contribution in [0.1, 0.15) is 15.9 Å². The minimum atomic E-state index is -1.01. The largest absolute Gasteiger partial charge is 0.488 e. The van der Waals surface area contributed by atoms with E-state index in [4.69, 9.17) is 4.74 Å². The van der Waals surface area contributed by atoms with Crippen molar-refractivity contribution in [3.63, 3.8) is 0 Å². The Hall–Kier alpha value is -4.05.